The fourth-order valence-electron chi connectivity index (χ4n) is 0.495. The highest BCUT2D eigenvalue weighted by Gasteiger charge is 2.16. The Labute approximate surface area is 70.7 Å². The molecule has 62 valence electrons. The monoisotopic (exact) mass is 174 g/mol. The minimum atomic E-state index is -0.307. The van der Waals surface area contributed by atoms with Gasteiger partial charge in [0.1, 0.15) is 0 Å². The van der Waals surface area contributed by atoms with Crippen LogP contribution in [0.15, 0.2) is 0 Å². The second-order valence-electron chi connectivity index (χ2n) is 1.94. The number of carbonyl (C=O) groups excluding carboxylic acids is 1. The number of esters is 1. The molecule has 0 rings (SSSR count). The van der Waals surface area contributed by atoms with Gasteiger partial charge < -0.3 is 10.5 Å². The molecule has 0 aliphatic rings. The molecule has 3 nitrogen and oxygen atoms in total. The van der Waals surface area contributed by atoms with Gasteiger partial charge in [0.25, 0.3) is 0 Å². The summed E-state index contributed by atoms with van der Waals surface area (Å²) in [4.78, 5) is 10.8. The fourth-order valence-corrected chi connectivity index (χ4v) is 1.15. The number of quaternary nitrogens is 1. The zero-order valence-corrected chi connectivity index (χ0v) is 7.32. The van der Waals surface area contributed by atoms with E-state index >= 15 is 0 Å². The number of terminal acetylenes is 1. The maximum Gasteiger partial charge on any atom is 0.365 e. The fraction of sp³-hybridized carbons (Fsp3) is 0.571. The SMILES string of the molecule is C#CCSCC([NH3+])C(=O)OC. The van der Waals surface area contributed by atoms with E-state index in [1.165, 1.54) is 18.9 Å². The van der Waals surface area contributed by atoms with E-state index in [0.29, 0.717) is 11.5 Å². The number of hydrogen-bond donors (Lipinski definition) is 1. The van der Waals surface area contributed by atoms with E-state index in [-0.39, 0.29) is 12.0 Å². The Balaban J connectivity index is 3.45. The van der Waals surface area contributed by atoms with Crippen LogP contribution in [0.1, 0.15) is 0 Å². The van der Waals surface area contributed by atoms with Crippen molar-refractivity contribution < 1.29 is 15.3 Å². The molecule has 0 aliphatic carbocycles. The van der Waals surface area contributed by atoms with E-state index in [1.807, 2.05) is 0 Å². The maximum atomic E-state index is 10.8. The molecule has 11 heavy (non-hydrogen) atoms. The zero-order valence-electron chi connectivity index (χ0n) is 6.50. The Morgan fingerprint density at radius 3 is 3.00 bits per heavy atom. The summed E-state index contributed by atoms with van der Waals surface area (Å²) in [5, 5.41) is 0. The van der Waals surface area contributed by atoms with Crippen LogP contribution in [0.5, 0.6) is 0 Å². The first-order valence-corrected chi connectivity index (χ1v) is 4.30. The van der Waals surface area contributed by atoms with Gasteiger partial charge in [-0.2, -0.15) is 0 Å². The highest BCUT2D eigenvalue weighted by atomic mass is 32.2. The number of methoxy groups -OCH3 is 1. The van der Waals surface area contributed by atoms with Gasteiger partial charge in [-0.1, -0.05) is 5.92 Å². The van der Waals surface area contributed by atoms with Crippen molar-refractivity contribution in [1.82, 2.24) is 0 Å². The first kappa shape index (κ1) is 10.3. The highest BCUT2D eigenvalue weighted by Crippen LogP contribution is 1.99. The maximum absolute atomic E-state index is 10.8. The number of thioether (sulfide) groups is 1. The summed E-state index contributed by atoms with van der Waals surface area (Å²) in [6.07, 6.45) is 5.02. The number of carbonyl (C=O) groups is 1. The van der Waals surface area contributed by atoms with E-state index in [9.17, 15) is 4.79 Å². The summed E-state index contributed by atoms with van der Waals surface area (Å²) >= 11 is 1.51. The lowest BCUT2D eigenvalue weighted by Gasteiger charge is -2.03. The normalized spacial score (nSPS) is 11.7. The Kier molecular flexibility index (Phi) is 5.71. The average molecular weight is 174 g/mol. The third-order valence-corrected chi connectivity index (χ3v) is 2.05. The molecule has 0 aromatic carbocycles. The lowest BCUT2D eigenvalue weighted by Crippen LogP contribution is -2.66. The molecule has 0 aromatic rings. The molecule has 1 unspecified atom stereocenters. The Morgan fingerprint density at radius 1 is 1.91 bits per heavy atom. The van der Waals surface area contributed by atoms with Gasteiger partial charge in [0.15, 0.2) is 6.04 Å². The standard InChI is InChI=1S/C7H11NO2S/c1-3-4-11-5-6(8)7(9)10-2/h1,6H,4-5,8H2,2H3/p+1. The third kappa shape index (κ3) is 4.71. The smallest absolute Gasteiger partial charge is 0.365 e. The number of ether oxygens (including phenoxy) is 1. The van der Waals surface area contributed by atoms with Crippen LogP contribution in [0.2, 0.25) is 0 Å². The Morgan fingerprint density at radius 2 is 2.55 bits per heavy atom. The molecule has 0 fully saturated rings. The number of hydrogen-bond acceptors (Lipinski definition) is 3. The van der Waals surface area contributed by atoms with Gasteiger partial charge in [-0.3, -0.25) is 0 Å². The van der Waals surface area contributed by atoms with Gasteiger partial charge in [0, 0.05) is 0 Å². The zero-order chi connectivity index (χ0) is 8.69. The van der Waals surface area contributed by atoms with Gasteiger partial charge >= 0.3 is 5.97 Å². The predicted octanol–water partition coefficient (Wildman–Crippen LogP) is -0.864. The summed E-state index contributed by atoms with van der Waals surface area (Å²) < 4.78 is 4.48. The third-order valence-electron chi connectivity index (χ3n) is 1.04. The molecule has 0 heterocycles. The summed E-state index contributed by atoms with van der Waals surface area (Å²) in [5.74, 6) is 3.42. The Hall–Kier alpha value is -0.660. The highest BCUT2D eigenvalue weighted by molar-refractivity contribution is 7.99. The van der Waals surface area contributed by atoms with Crippen molar-refractivity contribution in [3.05, 3.63) is 0 Å². The van der Waals surface area contributed by atoms with Crippen molar-refractivity contribution in [2.75, 3.05) is 18.6 Å². The quantitative estimate of drug-likeness (QED) is 0.343. The molecular formula is C7H12NO2S+. The molecule has 3 N–H and O–H groups in total. The van der Waals surface area contributed by atoms with E-state index < -0.39 is 0 Å². The van der Waals surface area contributed by atoms with E-state index in [4.69, 9.17) is 6.42 Å². The lowest BCUT2D eigenvalue weighted by atomic mass is 10.4. The van der Waals surface area contributed by atoms with Gasteiger partial charge in [-0.15, -0.1) is 18.2 Å². The molecule has 0 aliphatic heterocycles. The van der Waals surface area contributed by atoms with Crippen LogP contribution < -0.4 is 5.73 Å². The predicted molar refractivity (Wildman–Crippen MR) is 44.9 cm³/mol. The summed E-state index contributed by atoms with van der Waals surface area (Å²) in [6.45, 7) is 0. The molecule has 0 amide bonds. The molecule has 0 bridgehead atoms. The van der Waals surface area contributed by atoms with Crippen molar-refractivity contribution in [3.8, 4) is 12.3 Å². The first-order valence-electron chi connectivity index (χ1n) is 3.14. The van der Waals surface area contributed by atoms with E-state index in [1.54, 1.807) is 0 Å². The molecule has 4 heteroatoms. The molecular weight excluding hydrogens is 162 g/mol. The van der Waals surface area contributed by atoms with Crippen LogP contribution >= 0.6 is 11.8 Å². The molecule has 0 saturated heterocycles. The van der Waals surface area contributed by atoms with Gasteiger partial charge in [-0.05, 0) is 0 Å². The topological polar surface area (TPSA) is 53.9 Å². The van der Waals surface area contributed by atoms with Gasteiger partial charge in [-0.25, -0.2) is 4.79 Å². The van der Waals surface area contributed by atoms with Crippen LogP contribution in [0.4, 0.5) is 0 Å². The molecule has 0 aromatic heterocycles. The molecule has 0 spiro atoms. The molecule has 1 atom stereocenters. The number of rotatable bonds is 4. The lowest BCUT2D eigenvalue weighted by molar-refractivity contribution is -0.400. The minimum absolute atomic E-state index is 0.283. The summed E-state index contributed by atoms with van der Waals surface area (Å²) in [5.41, 5.74) is 3.62. The summed E-state index contributed by atoms with van der Waals surface area (Å²) in [6, 6.07) is -0.307. The second-order valence-corrected chi connectivity index (χ2v) is 2.97. The minimum Gasteiger partial charge on any atom is -0.465 e. The molecule has 0 radical (unpaired) electrons. The largest absolute Gasteiger partial charge is 0.465 e. The van der Waals surface area contributed by atoms with Crippen molar-refractivity contribution in [2.24, 2.45) is 0 Å². The molecule has 0 saturated carbocycles. The van der Waals surface area contributed by atoms with Crippen LogP contribution in [-0.2, 0) is 9.53 Å². The Bertz CT molecular complexity index is 164. The van der Waals surface area contributed by atoms with Crippen LogP contribution in [-0.4, -0.2) is 30.6 Å². The second kappa shape index (κ2) is 6.08. The van der Waals surface area contributed by atoms with Gasteiger partial charge in [0.2, 0.25) is 0 Å². The first-order chi connectivity index (χ1) is 5.22. The van der Waals surface area contributed by atoms with Gasteiger partial charge in [0.05, 0.1) is 18.6 Å². The van der Waals surface area contributed by atoms with Crippen molar-refractivity contribution >= 4 is 17.7 Å². The van der Waals surface area contributed by atoms with E-state index in [0.717, 1.165) is 0 Å². The summed E-state index contributed by atoms with van der Waals surface area (Å²) in [7, 11) is 1.35. The van der Waals surface area contributed by atoms with Crippen LogP contribution in [0, 0.1) is 12.3 Å². The van der Waals surface area contributed by atoms with Crippen molar-refractivity contribution in [3.63, 3.8) is 0 Å². The van der Waals surface area contributed by atoms with Crippen LogP contribution in [0.3, 0.4) is 0 Å². The van der Waals surface area contributed by atoms with E-state index in [2.05, 4.69) is 16.4 Å². The van der Waals surface area contributed by atoms with Crippen LogP contribution in [0.25, 0.3) is 0 Å². The van der Waals surface area contributed by atoms with Crippen molar-refractivity contribution in [2.45, 2.75) is 6.04 Å². The average Bonchev–Trinajstić information content (AvgIpc) is 2.03. The van der Waals surface area contributed by atoms with Crippen molar-refractivity contribution in [1.29, 1.82) is 0 Å².